The highest BCUT2D eigenvalue weighted by atomic mass is 19.4. The van der Waals surface area contributed by atoms with Gasteiger partial charge in [-0.2, -0.15) is 0 Å². The molecule has 0 radical (unpaired) electrons. The molecule has 0 bridgehead atoms. The van der Waals surface area contributed by atoms with Gasteiger partial charge in [-0.05, 0) is 36.2 Å². The Kier molecular flexibility index (Phi) is 4.58. The summed E-state index contributed by atoms with van der Waals surface area (Å²) in [6, 6.07) is 14.2. The van der Waals surface area contributed by atoms with E-state index in [1.54, 1.807) is 12.3 Å². The van der Waals surface area contributed by atoms with E-state index in [2.05, 4.69) is 37.9 Å². The first-order valence-corrected chi connectivity index (χ1v) is 8.82. The van der Waals surface area contributed by atoms with E-state index in [-0.39, 0.29) is 5.75 Å². The molecule has 0 aliphatic heterocycles. The van der Waals surface area contributed by atoms with E-state index in [1.807, 2.05) is 25.2 Å². The van der Waals surface area contributed by atoms with Gasteiger partial charge in [0.15, 0.2) is 0 Å². The predicted octanol–water partition coefficient (Wildman–Crippen LogP) is 5.28. The standard InChI is InChI=1S/C21H18F3N3O/c1-27-13-14(16-4-2-3-5-20(16)27)8-10-25-18-9-11-26-19-12-15(6-7-17(18)19)28-21(22,23)24/h2-7,9,11-13H,8,10H2,1H3,(H,25,26). The molecule has 0 amide bonds. The molecule has 4 nitrogen and oxygen atoms in total. The van der Waals surface area contributed by atoms with Crippen molar-refractivity contribution < 1.29 is 17.9 Å². The zero-order valence-electron chi connectivity index (χ0n) is 15.1. The number of para-hydroxylation sites is 1. The first-order valence-electron chi connectivity index (χ1n) is 8.82. The number of aromatic nitrogens is 2. The molecule has 28 heavy (non-hydrogen) atoms. The first kappa shape index (κ1) is 18.2. The summed E-state index contributed by atoms with van der Waals surface area (Å²) in [5, 5.41) is 5.33. The van der Waals surface area contributed by atoms with Crippen LogP contribution in [0.2, 0.25) is 0 Å². The number of aryl methyl sites for hydroxylation is 1. The minimum Gasteiger partial charge on any atom is -0.406 e. The van der Waals surface area contributed by atoms with Crippen molar-refractivity contribution in [3.63, 3.8) is 0 Å². The summed E-state index contributed by atoms with van der Waals surface area (Å²) in [6.45, 7) is 0.688. The maximum absolute atomic E-state index is 12.4. The van der Waals surface area contributed by atoms with Crippen LogP contribution in [0, 0.1) is 0 Å². The van der Waals surface area contributed by atoms with E-state index in [4.69, 9.17) is 0 Å². The number of nitrogens with one attached hydrogen (secondary N) is 1. The van der Waals surface area contributed by atoms with Gasteiger partial charge in [0.05, 0.1) is 5.52 Å². The number of anilines is 1. The fraction of sp³-hybridized carbons (Fsp3) is 0.190. The summed E-state index contributed by atoms with van der Waals surface area (Å²) < 4.78 is 43.3. The minimum absolute atomic E-state index is 0.277. The summed E-state index contributed by atoms with van der Waals surface area (Å²) in [4.78, 5) is 4.15. The van der Waals surface area contributed by atoms with Crippen LogP contribution >= 0.6 is 0 Å². The molecule has 2 aromatic heterocycles. The third-order valence-corrected chi connectivity index (χ3v) is 4.64. The molecule has 2 heterocycles. The van der Waals surface area contributed by atoms with Crippen molar-refractivity contribution >= 4 is 27.5 Å². The molecule has 2 aromatic carbocycles. The van der Waals surface area contributed by atoms with Gasteiger partial charge in [-0.1, -0.05) is 18.2 Å². The molecule has 0 spiro atoms. The third-order valence-electron chi connectivity index (χ3n) is 4.64. The zero-order chi connectivity index (χ0) is 19.7. The van der Waals surface area contributed by atoms with Crippen LogP contribution in [-0.2, 0) is 13.5 Å². The lowest BCUT2D eigenvalue weighted by Crippen LogP contribution is -2.17. The second kappa shape index (κ2) is 7.07. The highest BCUT2D eigenvalue weighted by Crippen LogP contribution is 2.29. The number of benzene rings is 2. The van der Waals surface area contributed by atoms with E-state index in [0.29, 0.717) is 12.1 Å². The molecule has 4 aromatic rings. The summed E-state index contributed by atoms with van der Waals surface area (Å²) >= 11 is 0. The highest BCUT2D eigenvalue weighted by molar-refractivity contribution is 5.92. The lowest BCUT2D eigenvalue weighted by Gasteiger charge is -2.12. The minimum atomic E-state index is -4.72. The van der Waals surface area contributed by atoms with Crippen LogP contribution in [-0.4, -0.2) is 22.5 Å². The Morgan fingerprint density at radius 2 is 1.89 bits per heavy atom. The Morgan fingerprint density at radius 1 is 1.07 bits per heavy atom. The van der Waals surface area contributed by atoms with E-state index < -0.39 is 6.36 Å². The van der Waals surface area contributed by atoms with Gasteiger partial charge in [0.1, 0.15) is 5.75 Å². The van der Waals surface area contributed by atoms with Crippen LogP contribution in [0.15, 0.2) is 60.9 Å². The van der Waals surface area contributed by atoms with E-state index in [0.717, 1.165) is 17.5 Å². The van der Waals surface area contributed by atoms with Gasteiger partial charge < -0.3 is 14.6 Å². The van der Waals surface area contributed by atoms with Crippen LogP contribution in [0.25, 0.3) is 21.8 Å². The van der Waals surface area contributed by atoms with Gasteiger partial charge in [0.2, 0.25) is 0 Å². The summed E-state index contributed by atoms with van der Waals surface area (Å²) in [5.74, 6) is -0.277. The number of hydrogen-bond donors (Lipinski definition) is 1. The number of fused-ring (bicyclic) bond motifs is 2. The monoisotopic (exact) mass is 385 g/mol. The zero-order valence-corrected chi connectivity index (χ0v) is 15.1. The Morgan fingerprint density at radius 3 is 2.71 bits per heavy atom. The topological polar surface area (TPSA) is 39.1 Å². The molecule has 144 valence electrons. The molecule has 0 saturated carbocycles. The van der Waals surface area contributed by atoms with E-state index in [1.165, 1.54) is 28.6 Å². The molecular formula is C21H18F3N3O. The lowest BCUT2D eigenvalue weighted by molar-refractivity contribution is -0.274. The van der Waals surface area contributed by atoms with Crippen molar-refractivity contribution in [2.75, 3.05) is 11.9 Å². The number of rotatable bonds is 5. The average Bonchev–Trinajstić information content (AvgIpc) is 2.97. The molecule has 1 N–H and O–H groups in total. The van der Waals surface area contributed by atoms with E-state index >= 15 is 0 Å². The van der Waals surface area contributed by atoms with Gasteiger partial charge in [-0.25, -0.2) is 0 Å². The second-order valence-electron chi connectivity index (χ2n) is 6.54. The number of alkyl halides is 3. The van der Waals surface area contributed by atoms with Gasteiger partial charge in [-0.3, -0.25) is 4.98 Å². The number of pyridine rings is 1. The molecule has 0 fully saturated rings. The van der Waals surface area contributed by atoms with E-state index in [9.17, 15) is 13.2 Å². The van der Waals surface area contributed by atoms with Gasteiger partial charge in [0.25, 0.3) is 0 Å². The fourth-order valence-corrected chi connectivity index (χ4v) is 3.44. The number of nitrogens with zero attached hydrogens (tertiary/aromatic N) is 2. The SMILES string of the molecule is Cn1cc(CCNc2ccnc3cc(OC(F)(F)F)ccc23)c2ccccc21. The first-order chi connectivity index (χ1) is 13.4. The molecule has 0 aliphatic carbocycles. The smallest absolute Gasteiger partial charge is 0.406 e. The molecule has 0 saturated heterocycles. The summed E-state index contributed by atoms with van der Waals surface area (Å²) in [5.41, 5.74) is 3.69. The number of hydrogen-bond acceptors (Lipinski definition) is 3. The van der Waals surface area contributed by atoms with Crippen molar-refractivity contribution in [2.45, 2.75) is 12.8 Å². The predicted molar refractivity (Wildman–Crippen MR) is 104 cm³/mol. The van der Waals surface area contributed by atoms with Crippen LogP contribution in [0.3, 0.4) is 0 Å². The second-order valence-corrected chi connectivity index (χ2v) is 6.54. The largest absolute Gasteiger partial charge is 0.573 e. The summed E-state index contributed by atoms with van der Waals surface area (Å²) in [7, 11) is 2.02. The number of ether oxygens (including phenoxy) is 1. The molecule has 0 unspecified atom stereocenters. The molecule has 0 aliphatic rings. The normalized spacial score (nSPS) is 11.9. The maximum Gasteiger partial charge on any atom is 0.573 e. The van der Waals surface area contributed by atoms with Crippen molar-refractivity contribution in [1.82, 2.24) is 9.55 Å². The Balaban J connectivity index is 1.51. The maximum atomic E-state index is 12.4. The molecule has 0 atom stereocenters. The quantitative estimate of drug-likeness (QED) is 0.508. The molecule has 7 heteroatoms. The van der Waals surface area contributed by atoms with Crippen LogP contribution in [0.1, 0.15) is 5.56 Å². The average molecular weight is 385 g/mol. The summed E-state index contributed by atoms with van der Waals surface area (Å²) in [6.07, 6.45) is -0.208. The molecule has 4 rings (SSSR count). The van der Waals surface area contributed by atoms with Crippen LogP contribution < -0.4 is 10.1 Å². The van der Waals surface area contributed by atoms with Gasteiger partial charge in [-0.15, -0.1) is 13.2 Å². The van der Waals surface area contributed by atoms with Gasteiger partial charge >= 0.3 is 6.36 Å². The molecular weight excluding hydrogens is 367 g/mol. The van der Waals surface area contributed by atoms with Gasteiger partial charge in [0, 0.05) is 54.0 Å². The third kappa shape index (κ3) is 3.74. The van der Waals surface area contributed by atoms with Crippen molar-refractivity contribution in [2.24, 2.45) is 7.05 Å². The van der Waals surface area contributed by atoms with Crippen LogP contribution in [0.4, 0.5) is 18.9 Å². The van der Waals surface area contributed by atoms with Crippen molar-refractivity contribution in [3.05, 3.63) is 66.5 Å². The lowest BCUT2D eigenvalue weighted by atomic mass is 10.1. The number of halogens is 3. The van der Waals surface area contributed by atoms with Crippen LogP contribution in [0.5, 0.6) is 5.75 Å². The fourth-order valence-electron chi connectivity index (χ4n) is 3.44. The highest BCUT2D eigenvalue weighted by Gasteiger charge is 2.31. The Hall–Kier alpha value is -3.22. The van der Waals surface area contributed by atoms with Crippen molar-refractivity contribution in [3.8, 4) is 5.75 Å². The Bertz CT molecular complexity index is 1130. The van der Waals surface area contributed by atoms with Crippen molar-refractivity contribution in [1.29, 1.82) is 0 Å². The Labute approximate surface area is 159 Å².